The third-order valence-electron chi connectivity index (χ3n) is 3.35. The summed E-state index contributed by atoms with van der Waals surface area (Å²) in [5, 5.41) is 1.17. The van der Waals surface area contributed by atoms with E-state index in [0.717, 1.165) is 29.9 Å². The topological polar surface area (TPSA) is 51.5 Å². The van der Waals surface area contributed by atoms with Crippen LogP contribution in [0.2, 0.25) is 0 Å². The van der Waals surface area contributed by atoms with Crippen molar-refractivity contribution in [1.29, 1.82) is 0 Å². The van der Waals surface area contributed by atoms with Crippen LogP contribution in [-0.4, -0.2) is 11.7 Å². The summed E-state index contributed by atoms with van der Waals surface area (Å²) in [7, 11) is 0. The molecule has 0 radical (unpaired) electrons. The quantitative estimate of drug-likeness (QED) is 0.511. The van der Waals surface area contributed by atoms with Gasteiger partial charge in [0.25, 0.3) is 0 Å². The summed E-state index contributed by atoms with van der Waals surface area (Å²) < 4.78 is 5.87. The van der Waals surface area contributed by atoms with Crippen LogP contribution >= 0.6 is 11.6 Å². The maximum Gasteiger partial charge on any atom is 0.134 e. The standard InChI is InChI=1S/C14H15ClN2O/c15-8-14(16)17-9-5-6-13-11(7-9)10-3-1-2-4-12(10)18-13/h5-7H,1-4,8H2,(H2,16,17). The Labute approximate surface area is 111 Å². The molecular weight excluding hydrogens is 248 g/mol. The van der Waals surface area contributed by atoms with Crippen molar-refractivity contribution in [2.75, 3.05) is 5.88 Å². The molecule has 1 aliphatic rings. The number of aryl methyl sites for hydroxylation is 2. The summed E-state index contributed by atoms with van der Waals surface area (Å²) >= 11 is 5.64. The van der Waals surface area contributed by atoms with Crippen molar-refractivity contribution in [3.8, 4) is 0 Å². The summed E-state index contributed by atoms with van der Waals surface area (Å²) in [5.74, 6) is 1.83. The summed E-state index contributed by atoms with van der Waals surface area (Å²) in [6, 6.07) is 5.92. The molecule has 1 aliphatic carbocycles. The molecule has 2 aromatic rings. The third kappa shape index (κ3) is 1.99. The lowest BCUT2D eigenvalue weighted by atomic mass is 9.96. The average molecular weight is 263 g/mol. The van der Waals surface area contributed by atoms with Gasteiger partial charge in [0, 0.05) is 17.4 Å². The molecule has 94 valence electrons. The number of alkyl halides is 1. The van der Waals surface area contributed by atoms with Crippen LogP contribution in [0.25, 0.3) is 11.0 Å². The predicted molar refractivity (Wildman–Crippen MR) is 74.9 cm³/mol. The van der Waals surface area contributed by atoms with Crippen LogP contribution in [0, 0.1) is 0 Å². The normalized spacial score (nSPS) is 15.9. The maximum absolute atomic E-state index is 5.87. The Kier molecular flexibility index (Phi) is 3.00. The van der Waals surface area contributed by atoms with Crippen LogP contribution in [0.3, 0.4) is 0 Å². The van der Waals surface area contributed by atoms with Gasteiger partial charge in [0.1, 0.15) is 17.2 Å². The first-order chi connectivity index (χ1) is 8.78. The fourth-order valence-electron chi connectivity index (χ4n) is 2.52. The van der Waals surface area contributed by atoms with Crippen molar-refractivity contribution >= 4 is 34.1 Å². The highest BCUT2D eigenvalue weighted by Crippen LogP contribution is 2.33. The first-order valence-corrected chi connectivity index (χ1v) is 6.74. The highest BCUT2D eigenvalue weighted by Gasteiger charge is 2.17. The average Bonchev–Trinajstić information content (AvgIpc) is 2.77. The second-order valence-electron chi connectivity index (χ2n) is 4.63. The minimum absolute atomic E-state index is 0.252. The maximum atomic E-state index is 5.87. The molecule has 0 saturated carbocycles. The minimum Gasteiger partial charge on any atom is -0.461 e. The van der Waals surface area contributed by atoms with E-state index in [1.54, 1.807) is 0 Å². The predicted octanol–water partition coefficient (Wildman–Crippen LogP) is 3.54. The van der Waals surface area contributed by atoms with Crippen molar-refractivity contribution in [3.05, 3.63) is 29.5 Å². The van der Waals surface area contributed by atoms with E-state index < -0.39 is 0 Å². The molecule has 3 nitrogen and oxygen atoms in total. The van der Waals surface area contributed by atoms with Gasteiger partial charge in [0.2, 0.25) is 0 Å². The van der Waals surface area contributed by atoms with E-state index >= 15 is 0 Å². The van der Waals surface area contributed by atoms with Crippen molar-refractivity contribution in [1.82, 2.24) is 0 Å². The van der Waals surface area contributed by atoms with Gasteiger partial charge in [-0.1, -0.05) is 0 Å². The Morgan fingerprint density at radius 3 is 3.00 bits per heavy atom. The second kappa shape index (κ2) is 4.65. The number of nitrogens with zero attached hydrogens (tertiary/aromatic N) is 1. The molecule has 0 unspecified atom stereocenters. The number of amidine groups is 1. The number of hydrogen-bond donors (Lipinski definition) is 1. The van der Waals surface area contributed by atoms with E-state index in [1.165, 1.54) is 23.8 Å². The number of rotatable bonds is 2. The molecule has 0 spiro atoms. The first-order valence-electron chi connectivity index (χ1n) is 6.21. The molecule has 2 N–H and O–H groups in total. The summed E-state index contributed by atoms with van der Waals surface area (Å²) in [6.45, 7) is 0. The van der Waals surface area contributed by atoms with E-state index in [4.69, 9.17) is 21.8 Å². The molecule has 0 saturated heterocycles. The van der Waals surface area contributed by atoms with Gasteiger partial charge >= 0.3 is 0 Å². The van der Waals surface area contributed by atoms with Gasteiger partial charge in [-0.25, -0.2) is 4.99 Å². The van der Waals surface area contributed by atoms with E-state index in [9.17, 15) is 0 Å². The zero-order chi connectivity index (χ0) is 12.5. The third-order valence-corrected chi connectivity index (χ3v) is 3.62. The van der Waals surface area contributed by atoms with Gasteiger partial charge in [-0.05, 0) is 37.5 Å². The van der Waals surface area contributed by atoms with Gasteiger partial charge in [-0.15, -0.1) is 11.6 Å². The van der Waals surface area contributed by atoms with Crippen molar-refractivity contribution in [2.45, 2.75) is 25.7 Å². The monoisotopic (exact) mass is 262 g/mol. The first kappa shape index (κ1) is 11.6. The van der Waals surface area contributed by atoms with E-state index in [0.29, 0.717) is 5.84 Å². The lowest BCUT2D eigenvalue weighted by Gasteiger charge is -2.08. The number of furan rings is 1. The Hall–Kier alpha value is -1.48. The van der Waals surface area contributed by atoms with E-state index in [-0.39, 0.29) is 5.88 Å². The zero-order valence-corrected chi connectivity index (χ0v) is 10.8. The largest absolute Gasteiger partial charge is 0.461 e. The van der Waals surface area contributed by atoms with Crippen LogP contribution in [-0.2, 0) is 12.8 Å². The number of benzene rings is 1. The molecule has 1 aromatic carbocycles. The minimum atomic E-state index is 0.252. The Bertz CT molecular complexity index is 616. The molecule has 0 fully saturated rings. The van der Waals surface area contributed by atoms with Crippen LogP contribution in [0.1, 0.15) is 24.2 Å². The molecule has 1 aromatic heterocycles. The summed E-state index contributed by atoms with van der Waals surface area (Å²) in [4.78, 5) is 4.28. The molecule has 3 rings (SSSR count). The summed E-state index contributed by atoms with van der Waals surface area (Å²) in [6.07, 6.45) is 4.60. The second-order valence-corrected chi connectivity index (χ2v) is 4.90. The van der Waals surface area contributed by atoms with E-state index in [1.807, 2.05) is 18.2 Å². The number of nitrogens with two attached hydrogens (primary N) is 1. The van der Waals surface area contributed by atoms with Crippen LogP contribution < -0.4 is 5.73 Å². The van der Waals surface area contributed by atoms with Crippen LogP contribution in [0.5, 0.6) is 0 Å². The van der Waals surface area contributed by atoms with Crippen LogP contribution in [0.15, 0.2) is 27.6 Å². The number of halogens is 1. The molecule has 1 heterocycles. The van der Waals surface area contributed by atoms with Crippen molar-refractivity contribution in [3.63, 3.8) is 0 Å². The molecule has 4 heteroatoms. The summed E-state index contributed by atoms with van der Waals surface area (Å²) in [5.41, 5.74) is 8.79. The lowest BCUT2D eigenvalue weighted by Crippen LogP contribution is -2.12. The Balaban J connectivity index is 2.11. The SMILES string of the molecule is NC(CCl)=Nc1ccc2oc3c(c2c1)CCCC3. The number of aliphatic imine (C=N–C) groups is 1. The van der Waals surface area contributed by atoms with Gasteiger partial charge in [-0.2, -0.15) is 0 Å². The van der Waals surface area contributed by atoms with Crippen LogP contribution in [0.4, 0.5) is 5.69 Å². The van der Waals surface area contributed by atoms with Gasteiger partial charge in [-0.3, -0.25) is 0 Å². The van der Waals surface area contributed by atoms with Gasteiger partial charge < -0.3 is 10.2 Å². The molecular formula is C14H15ClN2O. The highest BCUT2D eigenvalue weighted by molar-refractivity contribution is 6.28. The van der Waals surface area contributed by atoms with Crippen molar-refractivity contribution < 1.29 is 4.42 Å². The fourth-order valence-corrected chi connectivity index (χ4v) is 2.58. The smallest absolute Gasteiger partial charge is 0.134 e. The molecule has 0 amide bonds. The molecule has 0 bridgehead atoms. The lowest BCUT2D eigenvalue weighted by molar-refractivity contribution is 0.506. The molecule has 18 heavy (non-hydrogen) atoms. The molecule has 0 aliphatic heterocycles. The fraction of sp³-hybridized carbons (Fsp3) is 0.357. The van der Waals surface area contributed by atoms with Crippen molar-refractivity contribution in [2.24, 2.45) is 10.7 Å². The van der Waals surface area contributed by atoms with E-state index in [2.05, 4.69) is 4.99 Å². The molecule has 0 atom stereocenters. The number of fused-ring (bicyclic) bond motifs is 3. The van der Waals surface area contributed by atoms with Gasteiger partial charge in [0.05, 0.1) is 11.6 Å². The Morgan fingerprint density at radius 1 is 1.33 bits per heavy atom. The Morgan fingerprint density at radius 2 is 2.17 bits per heavy atom. The van der Waals surface area contributed by atoms with Gasteiger partial charge in [0.15, 0.2) is 0 Å². The highest BCUT2D eigenvalue weighted by atomic mass is 35.5. The number of hydrogen-bond acceptors (Lipinski definition) is 2. The zero-order valence-electron chi connectivity index (χ0n) is 10.1.